The van der Waals surface area contributed by atoms with Gasteiger partial charge < -0.3 is 0 Å². The van der Waals surface area contributed by atoms with Crippen LogP contribution >= 0.6 is 0 Å². The summed E-state index contributed by atoms with van der Waals surface area (Å²) < 4.78 is 0. The van der Waals surface area contributed by atoms with Gasteiger partial charge in [0.05, 0.1) is 0 Å². The summed E-state index contributed by atoms with van der Waals surface area (Å²) in [5.74, 6) is 7.26. The van der Waals surface area contributed by atoms with Crippen molar-refractivity contribution < 1.29 is 4.79 Å². The highest BCUT2D eigenvalue weighted by Crippen LogP contribution is 2.42. The third-order valence-corrected chi connectivity index (χ3v) is 6.98. The van der Waals surface area contributed by atoms with Gasteiger partial charge in [-0.05, 0) is 18.4 Å². The topological polar surface area (TPSA) is 17.1 Å². The molecule has 2 atom stereocenters. The predicted molar refractivity (Wildman–Crippen MR) is 81.4 cm³/mol. The summed E-state index contributed by atoms with van der Waals surface area (Å²) in [6, 6.07) is 0. The number of Topliss-reactive ketones (excluding diaryl/α,β-unsaturated/α-hetero) is 1. The highest BCUT2D eigenvalue weighted by atomic mass is 28.3. The highest BCUT2D eigenvalue weighted by Gasteiger charge is 2.41. The van der Waals surface area contributed by atoms with Crippen molar-refractivity contribution in [3.8, 4) is 11.8 Å². The second-order valence-corrected chi connectivity index (χ2v) is 12.1. The molecule has 0 N–H and O–H groups in total. The summed E-state index contributed by atoms with van der Waals surface area (Å²) in [4.78, 5) is 12.0. The zero-order valence-electron chi connectivity index (χ0n) is 12.5. The molecule has 1 saturated carbocycles. The second kappa shape index (κ2) is 7.14. The van der Waals surface area contributed by atoms with Gasteiger partial charge in [-0.2, -0.15) is 0 Å². The van der Waals surface area contributed by atoms with Crippen molar-refractivity contribution in [3.05, 3.63) is 0 Å². The summed E-state index contributed by atoms with van der Waals surface area (Å²) in [6.07, 6.45) is 7.48. The van der Waals surface area contributed by atoms with Gasteiger partial charge in [-0.3, -0.25) is 4.79 Å². The van der Waals surface area contributed by atoms with Gasteiger partial charge in [0.2, 0.25) is 0 Å². The van der Waals surface area contributed by atoms with Crippen molar-refractivity contribution in [3.63, 3.8) is 0 Å². The first kappa shape index (κ1) is 15.5. The van der Waals surface area contributed by atoms with Crippen LogP contribution in [0.5, 0.6) is 0 Å². The molecule has 1 aliphatic carbocycles. The molecule has 0 saturated heterocycles. The smallest absolute Gasteiger partial charge is 0.136 e. The standard InChI is InChI=1S/C16H28OSi/c1-5-6-7-8-9-10-11-14-15(17)12-13-16(14)18(2,3)4/h14,16H,5-8,11-13H2,1-4H3/t14-,16+/m1/s1. The summed E-state index contributed by atoms with van der Waals surface area (Å²) >= 11 is 0. The first-order valence-corrected chi connectivity index (χ1v) is 11.0. The largest absolute Gasteiger partial charge is 0.299 e. The number of rotatable bonds is 5. The van der Waals surface area contributed by atoms with Crippen molar-refractivity contribution >= 4 is 13.9 Å². The number of carbonyl (C=O) groups is 1. The van der Waals surface area contributed by atoms with Gasteiger partial charge in [0.25, 0.3) is 0 Å². The average Bonchev–Trinajstić information content (AvgIpc) is 2.65. The van der Waals surface area contributed by atoms with E-state index in [0.29, 0.717) is 11.3 Å². The first-order chi connectivity index (χ1) is 8.46. The Hall–Kier alpha value is -0.553. The van der Waals surface area contributed by atoms with E-state index in [1.807, 2.05) is 0 Å². The summed E-state index contributed by atoms with van der Waals surface area (Å²) in [5, 5.41) is 0. The Morgan fingerprint density at radius 1 is 1.22 bits per heavy atom. The van der Waals surface area contributed by atoms with Gasteiger partial charge >= 0.3 is 0 Å². The van der Waals surface area contributed by atoms with Crippen LogP contribution in [0, 0.1) is 17.8 Å². The molecule has 0 spiro atoms. The Bertz CT molecular complexity index is 329. The molecule has 0 aromatic heterocycles. The fourth-order valence-electron chi connectivity index (χ4n) is 2.94. The fourth-order valence-corrected chi connectivity index (χ4v) is 5.46. The van der Waals surface area contributed by atoms with E-state index in [4.69, 9.17) is 0 Å². The summed E-state index contributed by atoms with van der Waals surface area (Å²) in [7, 11) is -1.20. The molecule has 2 heteroatoms. The van der Waals surface area contributed by atoms with Gasteiger partial charge in [-0.15, -0.1) is 11.8 Å². The quantitative estimate of drug-likeness (QED) is 0.401. The summed E-state index contributed by atoms with van der Waals surface area (Å²) in [6.45, 7) is 9.37. The Balaban J connectivity index is 2.45. The van der Waals surface area contributed by atoms with Crippen LogP contribution in [0.15, 0.2) is 0 Å². The molecule has 102 valence electrons. The molecule has 0 heterocycles. The molecule has 0 bridgehead atoms. The monoisotopic (exact) mass is 264 g/mol. The van der Waals surface area contributed by atoms with Crippen LogP contribution in [-0.2, 0) is 4.79 Å². The van der Waals surface area contributed by atoms with Crippen LogP contribution in [-0.4, -0.2) is 13.9 Å². The molecule has 18 heavy (non-hydrogen) atoms. The molecule has 0 radical (unpaired) electrons. The molecule has 0 amide bonds. The van der Waals surface area contributed by atoms with E-state index in [0.717, 1.165) is 25.7 Å². The maximum Gasteiger partial charge on any atom is 0.136 e. The van der Waals surface area contributed by atoms with Gasteiger partial charge in [-0.1, -0.05) is 39.4 Å². The van der Waals surface area contributed by atoms with Crippen LogP contribution in [0.4, 0.5) is 0 Å². The van der Waals surface area contributed by atoms with Crippen LogP contribution in [0.1, 0.15) is 51.9 Å². The Kier molecular flexibility index (Phi) is 6.15. The SMILES string of the molecule is CCCCCC#CC[C@@H]1C(=O)CC[C@@H]1[Si](C)(C)C. The first-order valence-electron chi connectivity index (χ1n) is 7.45. The molecule has 1 fully saturated rings. The molecule has 1 rings (SSSR count). The molecule has 1 aliphatic rings. The zero-order valence-corrected chi connectivity index (χ0v) is 13.5. The zero-order chi connectivity index (χ0) is 13.6. The van der Waals surface area contributed by atoms with Crippen molar-refractivity contribution in [2.24, 2.45) is 5.92 Å². The molecular formula is C16H28OSi. The van der Waals surface area contributed by atoms with Crippen LogP contribution in [0.25, 0.3) is 0 Å². The van der Waals surface area contributed by atoms with Crippen LogP contribution < -0.4 is 0 Å². The normalized spacial score (nSPS) is 23.9. The maximum atomic E-state index is 12.0. The van der Waals surface area contributed by atoms with Crippen molar-refractivity contribution in [1.82, 2.24) is 0 Å². The van der Waals surface area contributed by atoms with E-state index >= 15 is 0 Å². The lowest BCUT2D eigenvalue weighted by Gasteiger charge is -2.28. The highest BCUT2D eigenvalue weighted by molar-refractivity contribution is 6.78. The number of carbonyl (C=O) groups excluding carboxylic acids is 1. The van der Waals surface area contributed by atoms with Crippen LogP contribution in [0.2, 0.25) is 25.2 Å². The number of ketones is 1. The van der Waals surface area contributed by atoms with Crippen LogP contribution in [0.3, 0.4) is 0 Å². The Labute approximate surface area is 114 Å². The minimum Gasteiger partial charge on any atom is -0.299 e. The minimum atomic E-state index is -1.20. The number of hydrogen-bond donors (Lipinski definition) is 0. The molecule has 0 aromatic carbocycles. The van der Waals surface area contributed by atoms with Crippen molar-refractivity contribution in [2.75, 3.05) is 0 Å². The van der Waals surface area contributed by atoms with Gasteiger partial charge in [0.15, 0.2) is 0 Å². The Morgan fingerprint density at radius 2 is 1.94 bits per heavy atom. The minimum absolute atomic E-state index is 0.260. The lowest BCUT2D eigenvalue weighted by molar-refractivity contribution is -0.120. The lowest BCUT2D eigenvalue weighted by atomic mass is 10.0. The molecule has 0 aliphatic heterocycles. The third-order valence-electron chi connectivity index (χ3n) is 4.07. The lowest BCUT2D eigenvalue weighted by Crippen LogP contribution is -2.32. The van der Waals surface area contributed by atoms with Gasteiger partial charge in [0.1, 0.15) is 5.78 Å². The van der Waals surface area contributed by atoms with E-state index in [1.54, 1.807) is 0 Å². The predicted octanol–water partition coefficient (Wildman–Crippen LogP) is 4.65. The van der Waals surface area contributed by atoms with E-state index in [2.05, 4.69) is 38.4 Å². The van der Waals surface area contributed by atoms with E-state index in [9.17, 15) is 4.79 Å². The number of unbranched alkanes of at least 4 members (excludes halogenated alkanes) is 3. The molecule has 0 aromatic rings. The van der Waals surface area contributed by atoms with E-state index in [1.165, 1.54) is 19.3 Å². The maximum absolute atomic E-state index is 12.0. The molecular weight excluding hydrogens is 236 g/mol. The van der Waals surface area contributed by atoms with Gasteiger partial charge in [0, 0.05) is 33.3 Å². The summed E-state index contributed by atoms with van der Waals surface area (Å²) in [5.41, 5.74) is 0.662. The second-order valence-electron chi connectivity index (χ2n) is 6.60. The number of hydrogen-bond acceptors (Lipinski definition) is 1. The fraction of sp³-hybridized carbons (Fsp3) is 0.812. The van der Waals surface area contributed by atoms with E-state index < -0.39 is 8.07 Å². The Morgan fingerprint density at radius 3 is 2.56 bits per heavy atom. The van der Waals surface area contributed by atoms with E-state index in [-0.39, 0.29) is 5.92 Å². The van der Waals surface area contributed by atoms with Crippen molar-refractivity contribution in [1.29, 1.82) is 0 Å². The average molecular weight is 264 g/mol. The van der Waals surface area contributed by atoms with Gasteiger partial charge in [-0.25, -0.2) is 0 Å². The third kappa shape index (κ3) is 4.61. The molecule has 0 unspecified atom stereocenters. The van der Waals surface area contributed by atoms with Crippen molar-refractivity contribution in [2.45, 2.75) is 77.1 Å². The molecule has 1 nitrogen and oxygen atoms in total.